The van der Waals surface area contributed by atoms with Crippen LogP contribution in [0.25, 0.3) is 0 Å². The summed E-state index contributed by atoms with van der Waals surface area (Å²) >= 11 is 0. The molecule has 0 saturated carbocycles. The Hall–Kier alpha value is -1.88. The molecule has 0 spiro atoms. The van der Waals surface area contributed by atoms with Crippen LogP contribution in [0.1, 0.15) is 28.8 Å². The van der Waals surface area contributed by atoms with Crippen LogP contribution in [0.2, 0.25) is 0 Å². The molecule has 3 N–H and O–H groups in total. The summed E-state index contributed by atoms with van der Waals surface area (Å²) in [4.78, 5) is 22.6. The maximum absolute atomic E-state index is 11.6. The lowest BCUT2D eigenvalue weighted by Crippen LogP contribution is -2.29. The van der Waals surface area contributed by atoms with Crippen LogP contribution in [0.5, 0.6) is 0 Å². The smallest absolute Gasteiger partial charge is 0.335 e. The number of benzene rings is 1. The predicted octanol–water partition coefficient (Wildman–Crippen LogP) is 0.491. The third-order valence-corrected chi connectivity index (χ3v) is 2.73. The number of carboxylic acids is 1. The molecule has 84 valence electrons. The Kier molecular flexibility index (Phi) is 2.62. The fraction of sp³-hybridized carbons (Fsp3) is 0.273. The highest BCUT2D eigenvalue weighted by Crippen LogP contribution is 2.26. The first-order chi connectivity index (χ1) is 7.61. The summed E-state index contributed by atoms with van der Waals surface area (Å²) < 4.78 is 0. The molecule has 1 aliphatic rings. The number of aromatic carboxylic acids is 1. The molecule has 1 fully saturated rings. The van der Waals surface area contributed by atoms with E-state index in [9.17, 15) is 9.59 Å². The topological polar surface area (TPSA) is 78.4 Å². The summed E-state index contributed by atoms with van der Waals surface area (Å²) in [7, 11) is 0. The molecule has 1 amide bonds. The molecule has 2 rings (SSSR count). The molecular formula is C11H12N2O3. The molecule has 2 atom stereocenters. The van der Waals surface area contributed by atoms with Gasteiger partial charge in [-0.3, -0.25) is 10.2 Å². The lowest BCUT2D eigenvalue weighted by Gasteiger charge is -2.14. The zero-order chi connectivity index (χ0) is 11.7. The van der Waals surface area contributed by atoms with Gasteiger partial charge in [0.2, 0.25) is 5.91 Å². The number of carbonyl (C=O) groups is 2. The van der Waals surface area contributed by atoms with E-state index in [4.69, 9.17) is 5.11 Å². The number of nitrogens with one attached hydrogen (secondary N) is 2. The van der Waals surface area contributed by atoms with Gasteiger partial charge >= 0.3 is 5.97 Å². The number of carbonyl (C=O) groups excluding carboxylic acids is 1. The Morgan fingerprint density at radius 2 is 2.06 bits per heavy atom. The highest BCUT2D eigenvalue weighted by atomic mass is 16.4. The predicted molar refractivity (Wildman–Crippen MR) is 56.9 cm³/mol. The van der Waals surface area contributed by atoms with Crippen molar-refractivity contribution in [3.63, 3.8) is 0 Å². The molecule has 0 aliphatic carbocycles. The quantitative estimate of drug-likeness (QED) is 0.677. The Balaban J connectivity index is 2.47. The van der Waals surface area contributed by atoms with Gasteiger partial charge in [-0.05, 0) is 18.6 Å². The van der Waals surface area contributed by atoms with Gasteiger partial charge in [0, 0.05) is 6.04 Å². The highest BCUT2D eigenvalue weighted by molar-refractivity contribution is 5.94. The second-order valence-corrected chi connectivity index (χ2v) is 3.79. The van der Waals surface area contributed by atoms with E-state index in [-0.39, 0.29) is 17.5 Å². The van der Waals surface area contributed by atoms with Crippen molar-refractivity contribution in [1.29, 1.82) is 0 Å². The summed E-state index contributed by atoms with van der Waals surface area (Å²) in [5.41, 5.74) is 6.02. The Labute approximate surface area is 92.4 Å². The highest BCUT2D eigenvalue weighted by Gasteiger charge is 2.34. The monoisotopic (exact) mass is 220 g/mol. The fourth-order valence-electron chi connectivity index (χ4n) is 1.95. The molecule has 16 heavy (non-hydrogen) atoms. The molecular weight excluding hydrogens is 208 g/mol. The Morgan fingerprint density at radius 3 is 2.62 bits per heavy atom. The van der Waals surface area contributed by atoms with Crippen LogP contribution in [-0.2, 0) is 4.79 Å². The molecule has 1 aromatic rings. The average Bonchev–Trinajstić information content (AvgIpc) is 2.58. The molecule has 1 saturated heterocycles. The van der Waals surface area contributed by atoms with Gasteiger partial charge in [0.1, 0.15) is 0 Å². The van der Waals surface area contributed by atoms with Gasteiger partial charge in [-0.25, -0.2) is 10.2 Å². The SMILES string of the molecule is CC1NNC(=O)C1c1ccccc1C(=O)O. The number of hydrazine groups is 1. The van der Waals surface area contributed by atoms with Crippen molar-refractivity contribution >= 4 is 11.9 Å². The number of hydrogen-bond donors (Lipinski definition) is 3. The van der Waals surface area contributed by atoms with Crippen molar-refractivity contribution in [3.05, 3.63) is 35.4 Å². The minimum Gasteiger partial charge on any atom is -0.478 e. The van der Waals surface area contributed by atoms with E-state index >= 15 is 0 Å². The van der Waals surface area contributed by atoms with Crippen LogP contribution in [0.4, 0.5) is 0 Å². The first-order valence-corrected chi connectivity index (χ1v) is 4.99. The van der Waals surface area contributed by atoms with Gasteiger partial charge in [-0.2, -0.15) is 0 Å². The molecule has 0 aromatic heterocycles. The van der Waals surface area contributed by atoms with E-state index in [0.29, 0.717) is 5.56 Å². The zero-order valence-corrected chi connectivity index (χ0v) is 8.73. The summed E-state index contributed by atoms with van der Waals surface area (Å²) in [6.07, 6.45) is 0. The molecule has 5 heteroatoms. The number of hydrogen-bond acceptors (Lipinski definition) is 3. The fourth-order valence-corrected chi connectivity index (χ4v) is 1.95. The minimum atomic E-state index is -1.01. The second-order valence-electron chi connectivity index (χ2n) is 3.79. The largest absolute Gasteiger partial charge is 0.478 e. The third kappa shape index (κ3) is 1.65. The van der Waals surface area contributed by atoms with E-state index in [1.54, 1.807) is 18.2 Å². The lowest BCUT2D eigenvalue weighted by atomic mass is 9.90. The van der Waals surface area contributed by atoms with Crippen LogP contribution >= 0.6 is 0 Å². The van der Waals surface area contributed by atoms with Crippen molar-refractivity contribution in [3.8, 4) is 0 Å². The maximum Gasteiger partial charge on any atom is 0.335 e. The molecule has 5 nitrogen and oxygen atoms in total. The van der Waals surface area contributed by atoms with E-state index in [1.165, 1.54) is 6.07 Å². The number of rotatable bonds is 2. The van der Waals surface area contributed by atoms with Gasteiger partial charge in [0.25, 0.3) is 0 Å². The Morgan fingerprint density at radius 1 is 1.38 bits per heavy atom. The molecule has 2 unspecified atom stereocenters. The molecule has 1 aliphatic heterocycles. The van der Waals surface area contributed by atoms with Crippen molar-refractivity contribution in [2.45, 2.75) is 18.9 Å². The maximum atomic E-state index is 11.6. The van der Waals surface area contributed by atoms with Crippen LogP contribution in [-0.4, -0.2) is 23.0 Å². The van der Waals surface area contributed by atoms with Crippen molar-refractivity contribution in [2.24, 2.45) is 0 Å². The van der Waals surface area contributed by atoms with Gasteiger partial charge in [-0.1, -0.05) is 18.2 Å². The standard InChI is InChI=1S/C11H12N2O3/c1-6-9(10(14)13-12-6)7-4-2-3-5-8(7)11(15)16/h2-6,9,12H,1H3,(H,13,14)(H,15,16). The van der Waals surface area contributed by atoms with E-state index < -0.39 is 11.9 Å². The Bertz CT molecular complexity index is 445. The molecule has 1 aromatic carbocycles. The van der Waals surface area contributed by atoms with Crippen LogP contribution < -0.4 is 10.9 Å². The molecule has 0 radical (unpaired) electrons. The van der Waals surface area contributed by atoms with Gasteiger partial charge in [0.15, 0.2) is 0 Å². The van der Waals surface area contributed by atoms with Crippen LogP contribution in [0.15, 0.2) is 24.3 Å². The van der Waals surface area contributed by atoms with Crippen LogP contribution in [0.3, 0.4) is 0 Å². The van der Waals surface area contributed by atoms with Crippen molar-refractivity contribution in [1.82, 2.24) is 10.9 Å². The van der Waals surface area contributed by atoms with Gasteiger partial charge in [-0.15, -0.1) is 0 Å². The number of amides is 1. The first kappa shape index (κ1) is 10.6. The van der Waals surface area contributed by atoms with E-state index in [2.05, 4.69) is 10.9 Å². The van der Waals surface area contributed by atoms with Crippen molar-refractivity contribution in [2.75, 3.05) is 0 Å². The zero-order valence-electron chi connectivity index (χ0n) is 8.73. The molecule has 0 bridgehead atoms. The number of carboxylic acid groups (broad SMARTS) is 1. The van der Waals surface area contributed by atoms with Crippen LogP contribution in [0, 0.1) is 0 Å². The van der Waals surface area contributed by atoms with E-state index in [0.717, 1.165) is 0 Å². The minimum absolute atomic E-state index is 0.118. The summed E-state index contributed by atoms with van der Waals surface area (Å²) in [5, 5.41) is 9.05. The third-order valence-electron chi connectivity index (χ3n) is 2.73. The summed E-state index contributed by atoms with van der Waals surface area (Å²) in [6.45, 7) is 1.83. The van der Waals surface area contributed by atoms with Gasteiger partial charge in [0.05, 0.1) is 11.5 Å². The van der Waals surface area contributed by atoms with E-state index in [1.807, 2.05) is 6.92 Å². The average molecular weight is 220 g/mol. The first-order valence-electron chi connectivity index (χ1n) is 4.99. The van der Waals surface area contributed by atoms with Crippen molar-refractivity contribution < 1.29 is 14.7 Å². The lowest BCUT2D eigenvalue weighted by molar-refractivity contribution is -0.120. The second kappa shape index (κ2) is 3.94. The summed E-state index contributed by atoms with van der Waals surface area (Å²) in [5.74, 6) is -1.66. The molecule has 1 heterocycles. The summed E-state index contributed by atoms with van der Waals surface area (Å²) in [6, 6.07) is 6.46. The normalized spacial score (nSPS) is 24.2. The van der Waals surface area contributed by atoms with Gasteiger partial charge < -0.3 is 5.11 Å².